The van der Waals surface area contributed by atoms with Crippen molar-refractivity contribution in [1.29, 1.82) is 0 Å². The lowest BCUT2D eigenvalue weighted by Crippen LogP contribution is -2.38. The molecule has 33 heavy (non-hydrogen) atoms. The van der Waals surface area contributed by atoms with Gasteiger partial charge in [-0.3, -0.25) is 0 Å². The Hall–Kier alpha value is -1.59. The van der Waals surface area contributed by atoms with Gasteiger partial charge in [0.1, 0.15) is 0 Å². The van der Waals surface area contributed by atoms with Crippen molar-refractivity contribution in [2.24, 2.45) is 35.5 Å². The van der Waals surface area contributed by atoms with Gasteiger partial charge in [0.05, 0.1) is 0 Å². The second-order valence-corrected chi connectivity index (χ2v) is 12.3. The van der Waals surface area contributed by atoms with Crippen molar-refractivity contribution >= 4 is 17.8 Å². The van der Waals surface area contributed by atoms with E-state index in [9.17, 15) is 0 Å². The maximum Gasteiger partial charge on any atom is 0.231 e. The Morgan fingerprint density at radius 2 is 0.515 bits per heavy atom. The van der Waals surface area contributed by atoms with Crippen molar-refractivity contribution in [3.05, 3.63) is 0 Å². The van der Waals surface area contributed by atoms with Crippen LogP contribution in [0.15, 0.2) is 0 Å². The quantitative estimate of drug-likeness (QED) is 0.308. The molecule has 0 saturated heterocycles. The number of aromatic nitrogens is 3. The molecule has 6 nitrogen and oxygen atoms in total. The molecule has 0 aliphatic heterocycles. The van der Waals surface area contributed by atoms with Crippen molar-refractivity contribution < 1.29 is 0 Å². The van der Waals surface area contributed by atoms with E-state index < -0.39 is 0 Å². The van der Waals surface area contributed by atoms with Crippen LogP contribution in [0, 0.1) is 35.5 Å². The van der Waals surface area contributed by atoms with Crippen LogP contribution in [0.5, 0.6) is 0 Å². The highest BCUT2D eigenvalue weighted by atomic mass is 15.4. The zero-order valence-corrected chi connectivity index (χ0v) is 23.9. The van der Waals surface area contributed by atoms with Gasteiger partial charge in [0.25, 0.3) is 0 Å². The fourth-order valence-electron chi connectivity index (χ4n) is 4.13. The lowest BCUT2D eigenvalue weighted by atomic mass is 10.1. The normalized spacial score (nSPS) is 12.2. The lowest BCUT2D eigenvalue weighted by Gasteiger charge is -2.32. The van der Waals surface area contributed by atoms with Crippen LogP contribution in [0.4, 0.5) is 17.8 Å². The van der Waals surface area contributed by atoms with E-state index in [1.807, 2.05) is 0 Å². The van der Waals surface area contributed by atoms with Gasteiger partial charge in [-0.15, -0.1) is 0 Å². The highest BCUT2D eigenvalue weighted by Crippen LogP contribution is 2.24. The summed E-state index contributed by atoms with van der Waals surface area (Å²) >= 11 is 0. The van der Waals surface area contributed by atoms with Crippen LogP contribution in [0.1, 0.15) is 83.1 Å². The van der Waals surface area contributed by atoms with Gasteiger partial charge >= 0.3 is 0 Å². The second-order valence-electron chi connectivity index (χ2n) is 12.3. The first-order valence-corrected chi connectivity index (χ1v) is 13.3. The van der Waals surface area contributed by atoms with Gasteiger partial charge in [-0.05, 0) is 35.5 Å². The van der Waals surface area contributed by atoms with Crippen LogP contribution in [0.25, 0.3) is 0 Å². The molecule has 0 N–H and O–H groups in total. The second kappa shape index (κ2) is 14.0. The summed E-state index contributed by atoms with van der Waals surface area (Å²) in [6, 6.07) is 0. The average molecular weight is 463 g/mol. The van der Waals surface area contributed by atoms with E-state index in [1.165, 1.54) is 0 Å². The van der Waals surface area contributed by atoms with Gasteiger partial charge in [0.15, 0.2) is 0 Å². The van der Waals surface area contributed by atoms with Crippen LogP contribution >= 0.6 is 0 Å². The zero-order chi connectivity index (χ0) is 25.3. The number of rotatable bonds is 15. The van der Waals surface area contributed by atoms with Crippen molar-refractivity contribution in [3.63, 3.8) is 0 Å². The van der Waals surface area contributed by atoms with Gasteiger partial charge < -0.3 is 14.7 Å². The molecule has 0 radical (unpaired) electrons. The first-order valence-electron chi connectivity index (χ1n) is 13.3. The third-order valence-electron chi connectivity index (χ3n) is 4.96. The molecule has 0 aliphatic rings. The number of nitrogens with zero attached hydrogens (tertiary/aromatic N) is 6. The lowest BCUT2D eigenvalue weighted by molar-refractivity contribution is 0.524. The maximum absolute atomic E-state index is 5.09. The molecule has 1 aromatic rings. The van der Waals surface area contributed by atoms with Crippen molar-refractivity contribution in [2.45, 2.75) is 83.1 Å². The first-order chi connectivity index (χ1) is 15.3. The predicted octanol–water partition coefficient (Wildman–Crippen LogP) is 6.23. The Labute approximate surface area is 205 Å². The van der Waals surface area contributed by atoms with Crippen LogP contribution in [-0.4, -0.2) is 54.2 Å². The molecule has 1 heterocycles. The summed E-state index contributed by atoms with van der Waals surface area (Å²) in [4.78, 5) is 22.4. The molecule has 1 aromatic heterocycles. The van der Waals surface area contributed by atoms with Crippen molar-refractivity contribution in [2.75, 3.05) is 54.0 Å². The molecule has 0 bridgehead atoms. The topological polar surface area (TPSA) is 48.4 Å². The van der Waals surface area contributed by atoms with E-state index in [0.717, 1.165) is 57.1 Å². The minimum absolute atomic E-state index is 0.539. The average Bonchev–Trinajstić information content (AvgIpc) is 2.64. The first kappa shape index (κ1) is 29.4. The number of anilines is 3. The fourth-order valence-corrected chi connectivity index (χ4v) is 4.13. The van der Waals surface area contributed by atoms with Crippen LogP contribution in [0.3, 0.4) is 0 Å². The monoisotopic (exact) mass is 462 g/mol. The molecule has 6 heteroatoms. The van der Waals surface area contributed by atoms with Gasteiger partial charge in [-0.1, -0.05) is 83.1 Å². The molecule has 0 aliphatic carbocycles. The van der Waals surface area contributed by atoms with E-state index in [4.69, 9.17) is 15.0 Å². The summed E-state index contributed by atoms with van der Waals surface area (Å²) in [5, 5.41) is 0. The van der Waals surface area contributed by atoms with Gasteiger partial charge in [0, 0.05) is 39.3 Å². The van der Waals surface area contributed by atoms with Gasteiger partial charge in [0.2, 0.25) is 17.8 Å². The Bertz CT molecular complexity index is 536. The Morgan fingerprint density at radius 3 is 0.636 bits per heavy atom. The highest BCUT2D eigenvalue weighted by molar-refractivity contribution is 5.47. The van der Waals surface area contributed by atoms with Gasteiger partial charge in [-0.2, -0.15) is 15.0 Å². The third kappa shape index (κ3) is 11.4. The molecule has 0 amide bonds. The van der Waals surface area contributed by atoms with E-state index in [0.29, 0.717) is 35.5 Å². The number of hydrogen-bond donors (Lipinski definition) is 0. The summed E-state index contributed by atoms with van der Waals surface area (Å²) in [7, 11) is 0. The largest absolute Gasteiger partial charge is 0.340 e. The third-order valence-corrected chi connectivity index (χ3v) is 4.96. The molecule has 0 unspecified atom stereocenters. The van der Waals surface area contributed by atoms with E-state index >= 15 is 0 Å². The molecule has 1 rings (SSSR count). The molecule has 0 spiro atoms. The van der Waals surface area contributed by atoms with Crippen molar-refractivity contribution in [3.8, 4) is 0 Å². The predicted molar refractivity (Wildman–Crippen MR) is 145 cm³/mol. The minimum Gasteiger partial charge on any atom is -0.340 e. The van der Waals surface area contributed by atoms with E-state index in [-0.39, 0.29) is 0 Å². The summed E-state index contributed by atoms with van der Waals surface area (Å²) in [5.74, 6) is 5.71. The standard InChI is InChI=1S/C27H54N6/c1-19(2)13-31(14-20(3)4)25-28-26(32(15-21(5)6)16-22(7)8)30-27(29-25)33(17-23(9)10)18-24(11)12/h19-24H,13-18H2,1-12H3. The molecular weight excluding hydrogens is 408 g/mol. The molecule has 192 valence electrons. The van der Waals surface area contributed by atoms with Crippen LogP contribution in [0.2, 0.25) is 0 Å². The SMILES string of the molecule is CC(C)CN(CC(C)C)c1nc(N(CC(C)C)CC(C)C)nc(N(CC(C)C)CC(C)C)n1. The van der Waals surface area contributed by atoms with Gasteiger partial charge in [-0.25, -0.2) is 0 Å². The molecule has 0 fully saturated rings. The van der Waals surface area contributed by atoms with E-state index in [1.54, 1.807) is 0 Å². The Morgan fingerprint density at radius 1 is 0.364 bits per heavy atom. The molecular formula is C27H54N6. The van der Waals surface area contributed by atoms with Crippen LogP contribution in [-0.2, 0) is 0 Å². The summed E-state index contributed by atoms with van der Waals surface area (Å²) in [6.45, 7) is 32.9. The zero-order valence-electron chi connectivity index (χ0n) is 23.9. The maximum atomic E-state index is 5.09. The molecule has 0 saturated carbocycles. The summed E-state index contributed by atoms with van der Waals surface area (Å²) < 4.78 is 0. The summed E-state index contributed by atoms with van der Waals surface area (Å²) in [5.41, 5.74) is 0. The Kier molecular flexibility index (Phi) is 12.5. The minimum atomic E-state index is 0.539. The number of hydrogen-bond acceptors (Lipinski definition) is 6. The summed E-state index contributed by atoms with van der Waals surface area (Å²) in [6.07, 6.45) is 0. The molecule has 0 aromatic carbocycles. The fraction of sp³-hybridized carbons (Fsp3) is 0.889. The highest BCUT2D eigenvalue weighted by Gasteiger charge is 2.23. The Balaban J connectivity index is 3.64. The molecule has 0 atom stereocenters. The van der Waals surface area contributed by atoms with Crippen LogP contribution < -0.4 is 14.7 Å². The van der Waals surface area contributed by atoms with Crippen molar-refractivity contribution in [1.82, 2.24) is 15.0 Å². The van der Waals surface area contributed by atoms with E-state index in [2.05, 4.69) is 97.8 Å². The smallest absolute Gasteiger partial charge is 0.231 e.